The normalized spacial score (nSPS) is 11.4. The second-order valence-electron chi connectivity index (χ2n) is 6.93. The summed E-state index contributed by atoms with van der Waals surface area (Å²) in [4.78, 5) is 29.2. The van der Waals surface area contributed by atoms with Crippen molar-refractivity contribution in [2.24, 2.45) is 0 Å². The van der Waals surface area contributed by atoms with Gasteiger partial charge < -0.3 is 20.4 Å². The van der Waals surface area contributed by atoms with Crippen molar-refractivity contribution in [3.8, 4) is 0 Å². The molecule has 8 nitrogen and oxygen atoms in total. The van der Waals surface area contributed by atoms with Crippen LogP contribution in [0.4, 0.5) is 0 Å². The van der Waals surface area contributed by atoms with Crippen molar-refractivity contribution >= 4 is 11.8 Å². The number of nitrogens with zero attached hydrogens (tertiary/aromatic N) is 2. The first-order valence-electron chi connectivity index (χ1n) is 8.09. The summed E-state index contributed by atoms with van der Waals surface area (Å²) in [6, 6.07) is 2.95. The van der Waals surface area contributed by atoms with Crippen LogP contribution in [0.15, 0.2) is 36.9 Å². The van der Waals surface area contributed by atoms with E-state index in [9.17, 15) is 19.8 Å². The number of aliphatic hydroxyl groups excluding tert-OH is 1. The highest BCUT2D eigenvalue weighted by Crippen LogP contribution is 2.20. The summed E-state index contributed by atoms with van der Waals surface area (Å²) in [5.41, 5.74) is -0.645. The number of Topliss-reactive ketones (excluding diaryl/α,β-unsaturated/α-hetero) is 1. The van der Waals surface area contributed by atoms with E-state index in [1.54, 1.807) is 27.7 Å². The number of pyridine rings is 2. The molecule has 0 spiro atoms. The Balaban J connectivity index is 0.000000271. The number of carbonyl (C=O) groups is 2. The zero-order valence-electron chi connectivity index (χ0n) is 15.7. The fourth-order valence-corrected chi connectivity index (χ4v) is 1.91. The zero-order valence-corrected chi connectivity index (χ0v) is 15.7. The summed E-state index contributed by atoms with van der Waals surface area (Å²) in [6.07, 6.45) is 5.56. The molecule has 2 aromatic rings. The van der Waals surface area contributed by atoms with Gasteiger partial charge in [0.15, 0.2) is 5.78 Å². The molecule has 2 rings (SSSR count). The molecule has 0 atom stereocenters. The van der Waals surface area contributed by atoms with E-state index in [4.69, 9.17) is 10.2 Å². The van der Waals surface area contributed by atoms with Crippen molar-refractivity contribution in [3.05, 3.63) is 59.2 Å². The second-order valence-corrected chi connectivity index (χ2v) is 6.93. The maximum Gasteiger partial charge on any atom is 0.337 e. The third-order valence-corrected chi connectivity index (χ3v) is 3.60. The van der Waals surface area contributed by atoms with Gasteiger partial charge in [-0.05, 0) is 39.8 Å². The van der Waals surface area contributed by atoms with E-state index in [2.05, 4.69) is 9.97 Å². The van der Waals surface area contributed by atoms with Crippen molar-refractivity contribution in [1.82, 2.24) is 9.97 Å². The molecule has 2 aromatic heterocycles. The van der Waals surface area contributed by atoms with Crippen molar-refractivity contribution in [3.63, 3.8) is 0 Å². The van der Waals surface area contributed by atoms with Crippen LogP contribution in [-0.2, 0) is 11.2 Å². The Morgan fingerprint density at radius 1 is 0.852 bits per heavy atom. The molecule has 0 aliphatic carbocycles. The van der Waals surface area contributed by atoms with Gasteiger partial charge in [0.25, 0.3) is 0 Å². The summed E-state index contributed by atoms with van der Waals surface area (Å²) in [6.45, 7) is 5.83. The molecule has 0 radical (unpaired) electrons. The van der Waals surface area contributed by atoms with Crippen LogP contribution in [0.3, 0.4) is 0 Å². The number of aromatic carboxylic acids is 1. The van der Waals surface area contributed by atoms with Gasteiger partial charge in [-0.25, -0.2) is 4.79 Å². The number of hydrogen-bond acceptors (Lipinski definition) is 7. The minimum atomic E-state index is -1.06. The molecule has 8 heteroatoms. The Hall–Kier alpha value is -2.68. The highest BCUT2D eigenvalue weighted by molar-refractivity contribution is 5.96. The largest absolute Gasteiger partial charge is 0.478 e. The van der Waals surface area contributed by atoms with Gasteiger partial charge in [-0.3, -0.25) is 14.8 Å². The molecular weight excluding hydrogens is 352 g/mol. The number of carbonyl (C=O) groups excluding carboxylic acids is 1. The summed E-state index contributed by atoms with van der Waals surface area (Å²) >= 11 is 0. The van der Waals surface area contributed by atoms with Crippen LogP contribution in [0.2, 0.25) is 0 Å². The molecule has 2 heterocycles. The van der Waals surface area contributed by atoms with E-state index in [1.165, 1.54) is 36.9 Å². The number of ketones is 1. The number of aliphatic hydroxyl groups is 3. The van der Waals surface area contributed by atoms with E-state index in [-0.39, 0.29) is 5.56 Å². The van der Waals surface area contributed by atoms with Crippen LogP contribution in [0.25, 0.3) is 0 Å². The van der Waals surface area contributed by atoms with Crippen LogP contribution in [0.5, 0.6) is 0 Å². The molecule has 27 heavy (non-hydrogen) atoms. The van der Waals surface area contributed by atoms with Crippen LogP contribution in [0, 0.1) is 0 Å². The maximum atomic E-state index is 11.1. The average molecular weight is 376 g/mol. The number of aromatic nitrogens is 2. The second kappa shape index (κ2) is 8.81. The van der Waals surface area contributed by atoms with E-state index in [0.29, 0.717) is 16.7 Å². The van der Waals surface area contributed by atoms with E-state index in [1.807, 2.05) is 0 Å². The minimum Gasteiger partial charge on any atom is -0.478 e. The predicted molar refractivity (Wildman–Crippen MR) is 97.3 cm³/mol. The lowest BCUT2D eigenvalue weighted by molar-refractivity contribution is 0.0690. The Morgan fingerprint density at radius 2 is 1.26 bits per heavy atom. The van der Waals surface area contributed by atoms with E-state index >= 15 is 0 Å². The van der Waals surface area contributed by atoms with Gasteiger partial charge in [0.1, 0.15) is 6.61 Å². The quantitative estimate of drug-likeness (QED) is 0.575. The van der Waals surface area contributed by atoms with Crippen molar-refractivity contribution in [2.45, 2.75) is 38.9 Å². The van der Waals surface area contributed by atoms with Gasteiger partial charge >= 0.3 is 5.97 Å². The number of rotatable bonds is 5. The molecule has 0 bridgehead atoms. The Labute approximate surface area is 157 Å². The lowest BCUT2D eigenvalue weighted by Crippen LogP contribution is -2.17. The molecule has 0 unspecified atom stereocenters. The van der Waals surface area contributed by atoms with Crippen molar-refractivity contribution in [2.75, 3.05) is 6.61 Å². The fraction of sp³-hybridized carbons (Fsp3) is 0.368. The lowest BCUT2D eigenvalue weighted by atomic mass is 9.98. The summed E-state index contributed by atoms with van der Waals surface area (Å²) in [5, 5.41) is 36.5. The Bertz CT molecular complexity index is 806. The molecule has 0 fully saturated rings. The molecule has 0 amide bonds. The average Bonchev–Trinajstić information content (AvgIpc) is 2.60. The lowest BCUT2D eigenvalue weighted by Gasteiger charge is -2.17. The van der Waals surface area contributed by atoms with Gasteiger partial charge in [0.05, 0.1) is 16.8 Å². The summed E-state index contributed by atoms with van der Waals surface area (Å²) < 4.78 is 0. The van der Waals surface area contributed by atoms with E-state index in [0.717, 1.165) is 0 Å². The molecule has 4 N–H and O–H groups in total. The topological polar surface area (TPSA) is 141 Å². The van der Waals surface area contributed by atoms with Crippen molar-refractivity contribution in [1.29, 1.82) is 0 Å². The van der Waals surface area contributed by atoms with E-state index < -0.39 is 29.6 Å². The molecule has 0 saturated carbocycles. The van der Waals surface area contributed by atoms with Gasteiger partial charge in [0, 0.05) is 41.5 Å². The molecular formula is C19H24N2O6. The Kier molecular flexibility index (Phi) is 7.29. The molecule has 146 valence electrons. The van der Waals surface area contributed by atoms with Crippen LogP contribution < -0.4 is 0 Å². The molecule has 0 aliphatic rings. The SMILES string of the molecule is CC(C)(O)c1cncc(C(=O)CO)c1.CC(C)(O)c1cncc(C(=O)O)c1. The standard InChI is InChI=1S/C10H13NO3.C9H11NO3/c1-10(2,14)8-3-7(4-11-5-8)9(13)6-12;1-9(2,13)7-3-6(8(11)12)4-10-5-7/h3-5,12,14H,6H2,1-2H3;3-5,13H,1-2H3,(H,11,12). The predicted octanol–water partition coefficient (Wildman–Crippen LogP) is 1.49. The van der Waals surface area contributed by atoms with Crippen LogP contribution in [0.1, 0.15) is 59.5 Å². The zero-order chi connectivity index (χ0) is 20.8. The first-order valence-corrected chi connectivity index (χ1v) is 8.09. The van der Waals surface area contributed by atoms with Gasteiger partial charge in [0.2, 0.25) is 0 Å². The van der Waals surface area contributed by atoms with Crippen LogP contribution >= 0.6 is 0 Å². The monoisotopic (exact) mass is 376 g/mol. The third-order valence-electron chi connectivity index (χ3n) is 3.60. The van der Waals surface area contributed by atoms with Crippen molar-refractivity contribution < 1.29 is 30.0 Å². The smallest absolute Gasteiger partial charge is 0.337 e. The molecule has 0 saturated heterocycles. The summed E-state index contributed by atoms with van der Waals surface area (Å²) in [5.74, 6) is -1.44. The first kappa shape index (κ1) is 22.4. The first-order chi connectivity index (χ1) is 12.4. The van der Waals surface area contributed by atoms with Gasteiger partial charge in [-0.1, -0.05) is 0 Å². The maximum absolute atomic E-state index is 11.1. The number of carboxylic acid groups (broad SMARTS) is 1. The van der Waals surface area contributed by atoms with Gasteiger partial charge in [-0.15, -0.1) is 0 Å². The Morgan fingerprint density at radius 3 is 1.63 bits per heavy atom. The molecule has 0 aromatic carbocycles. The van der Waals surface area contributed by atoms with Gasteiger partial charge in [-0.2, -0.15) is 0 Å². The minimum absolute atomic E-state index is 0.0830. The fourth-order valence-electron chi connectivity index (χ4n) is 1.91. The molecule has 0 aliphatic heterocycles. The number of hydrogen-bond donors (Lipinski definition) is 4. The third kappa shape index (κ3) is 6.86. The highest BCUT2D eigenvalue weighted by atomic mass is 16.4. The highest BCUT2D eigenvalue weighted by Gasteiger charge is 2.18. The summed E-state index contributed by atoms with van der Waals surface area (Å²) in [7, 11) is 0. The van der Waals surface area contributed by atoms with Crippen LogP contribution in [-0.4, -0.2) is 48.8 Å². The number of carboxylic acids is 1.